The highest BCUT2D eigenvalue weighted by molar-refractivity contribution is 5.67. The fourth-order valence-electron chi connectivity index (χ4n) is 1.84. The van der Waals surface area contributed by atoms with Gasteiger partial charge in [-0.2, -0.15) is 0 Å². The van der Waals surface area contributed by atoms with Crippen LogP contribution in [-0.4, -0.2) is 15.9 Å². The van der Waals surface area contributed by atoms with Crippen molar-refractivity contribution in [1.29, 1.82) is 0 Å². The van der Waals surface area contributed by atoms with Crippen molar-refractivity contribution in [1.82, 2.24) is 4.98 Å². The predicted octanol–water partition coefficient (Wildman–Crippen LogP) is 3.86. The van der Waals surface area contributed by atoms with Gasteiger partial charge in [-0.25, -0.2) is 4.98 Å². The molecule has 0 aliphatic carbocycles. The number of anilines is 3. The minimum absolute atomic E-state index is 0.0510. The lowest BCUT2D eigenvalue weighted by molar-refractivity contribution is -0.384. The first-order valence-electron chi connectivity index (χ1n) is 6.71. The Morgan fingerprint density at radius 1 is 1.14 bits per heavy atom. The normalized spacial score (nSPS) is 10.5. The number of nitrogens with one attached hydrogen (secondary N) is 2. The van der Waals surface area contributed by atoms with Gasteiger partial charge in [0, 0.05) is 17.8 Å². The van der Waals surface area contributed by atoms with E-state index in [4.69, 9.17) is 0 Å². The first-order valence-corrected chi connectivity index (χ1v) is 6.71. The van der Waals surface area contributed by atoms with E-state index >= 15 is 0 Å². The third-order valence-corrected chi connectivity index (χ3v) is 2.82. The number of aryl methyl sites for hydroxylation is 1. The van der Waals surface area contributed by atoms with Crippen LogP contribution in [0.3, 0.4) is 0 Å². The highest BCUT2D eigenvalue weighted by Gasteiger charge is 2.16. The third-order valence-electron chi connectivity index (χ3n) is 2.82. The summed E-state index contributed by atoms with van der Waals surface area (Å²) in [6.45, 7) is 5.95. The topological polar surface area (TPSA) is 80.1 Å². The number of nitro groups is 1. The van der Waals surface area contributed by atoms with Crippen molar-refractivity contribution in [3.05, 3.63) is 52.1 Å². The second kappa shape index (κ2) is 6.21. The van der Waals surface area contributed by atoms with Crippen LogP contribution in [0.25, 0.3) is 0 Å². The molecule has 6 heteroatoms. The van der Waals surface area contributed by atoms with E-state index in [1.54, 1.807) is 6.07 Å². The number of hydrogen-bond acceptors (Lipinski definition) is 5. The molecule has 0 unspecified atom stereocenters. The second-order valence-corrected chi connectivity index (χ2v) is 5.11. The van der Waals surface area contributed by atoms with Gasteiger partial charge >= 0.3 is 5.69 Å². The van der Waals surface area contributed by atoms with Crippen LogP contribution < -0.4 is 10.6 Å². The molecule has 2 N–H and O–H groups in total. The van der Waals surface area contributed by atoms with Gasteiger partial charge in [-0.3, -0.25) is 10.1 Å². The van der Waals surface area contributed by atoms with E-state index in [0.29, 0.717) is 5.82 Å². The summed E-state index contributed by atoms with van der Waals surface area (Å²) < 4.78 is 0. The van der Waals surface area contributed by atoms with Crippen molar-refractivity contribution in [2.75, 3.05) is 10.6 Å². The fourth-order valence-corrected chi connectivity index (χ4v) is 1.84. The summed E-state index contributed by atoms with van der Waals surface area (Å²) in [5.41, 5.74) is 1.83. The Morgan fingerprint density at radius 2 is 1.81 bits per heavy atom. The average Bonchev–Trinajstić information content (AvgIpc) is 2.40. The van der Waals surface area contributed by atoms with E-state index in [9.17, 15) is 10.1 Å². The van der Waals surface area contributed by atoms with Gasteiger partial charge in [-0.1, -0.05) is 17.7 Å². The van der Waals surface area contributed by atoms with Gasteiger partial charge in [-0.15, -0.1) is 0 Å². The molecule has 0 aliphatic heterocycles. The first-order chi connectivity index (χ1) is 9.95. The first kappa shape index (κ1) is 14.8. The molecule has 6 nitrogen and oxygen atoms in total. The van der Waals surface area contributed by atoms with Crippen molar-refractivity contribution < 1.29 is 4.92 Å². The highest BCUT2D eigenvalue weighted by Crippen LogP contribution is 2.27. The van der Waals surface area contributed by atoms with Crippen LogP contribution in [0.2, 0.25) is 0 Å². The van der Waals surface area contributed by atoms with E-state index in [0.717, 1.165) is 11.3 Å². The summed E-state index contributed by atoms with van der Waals surface area (Å²) in [4.78, 5) is 15.0. The SMILES string of the molecule is Cc1ccc(Nc2nc(NC(C)C)ccc2[N+](=O)[O-])cc1. The lowest BCUT2D eigenvalue weighted by Gasteiger charge is -2.12. The van der Waals surface area contributed by atoms with Crippen molar-refractivity contribution in [2.45, 2.75) is 26.8 Å². The van der Waals surface area contributed by atoms with Crippen LogP contribution in [-0.2, 0) is 0 Å². The largest absolute Gasteiger partial charge is 0.368 e. The Kier molecular flexibility index (Phi) is 4.37. The average molecular weight is 286 g/mol. The zero-order valence-corrected chi connectivity index (χ0v) is 12.3. The third kappa shape index (κ3) is 3.92. The minimum Gasteiger partial charge on any atom is -0.368 e. The van der Waals surface area contributed by atoms with Gasteiger partial charge < -0.3 is 10.6 Å². The summed E-state index contributed by atoms with van der Waals surface area (Å²) in [6.07, 6.45) is 0. The molecule has 0 radical (unpaired) electrons. The molecule has 0 saturated heterocycles. The van der Waals surface area contributed by atoms with Gasteiger partial charge in [-0.05, 0) is 39.0 Å². The molecule has 0 fully saturated rings. The molecule has 0 aliphatic rings. The molecule has 0 bridgehead atoms. The van der Waals surface area contributed by atoms with Gasteiger partial charge in [0.1, 0.15) is 5.82 Å². The van der Waals surface area contributed by atoms with Crippen molar-refractivity contribution in [2.24, 2.45) is 0 Å². The maximum atomic E-state index is 11.1. The number of hydrogen-bond donors (Lipinski definition) is 2. The van der Waals surface area contributed by atoms with Crippen molar-refractivity contribution in [3.63, 3.8) is 0 Å². The van der Waals surface area contributed by atoms with Crippen LogP contribution in [0.15, 0.2) is 36.4 Å². The summed E-state index contributed by atoms with van der Waals surface area (Å²) in [6, 6.07) is 10.9. The van der Waals surface area contributed by atoms with Gasteiger partial charge in [0.25, 0.3) is 0 Å². The highest BCUT2D eigenvalue weighted by atomic mass is 16.6. The molecule has 2 aromatic rings. The van der Waals surface area contributed by atoms with Crippen LogP contribution in [0, 0.1) is 17.0 Å². The maximum Gasteiger partial charge on any atom is 0.311 e. The molecule has 2 rings (SSSR count). The Labute approximate surface area is 123 Å². The Hall–Kier alpha value is -2.63. The molecule has 0 spiro atoms. The van der Waals surface area contributed by atoms with Crippen LogP contribution in [0.5, 0.6) is 0 Å². The molecule has 0 saturated carbocycles. The van der Waals surface area contributed by atoms with Gasteiger partial charge in [0.15, 0.2) is 0 Å². The van der Waals surface area contributed by atoms with Crippen LogP contribution in [0.4, 0.5) is 23.0 Å². The number of pyridine rings is 1. The minimum atomic E-state index is -0.442. The van der Waals surface area contributed by atoms with E-state index in [-0.39, 0.29) is 17.5 Å². The predicted molar refractivity (Wildman–Crippen MR) is 84.1 cm³/mol. The Bertz CT molecular complexity index is 639. The number of aromatic nitrogens is 1. The number of rotatable bonds is 5. The van der Waals surface area contributed by atoms with E-state index < -0.39 is 4.92 Å². The Balaban J connectivity index is 2.33. The van der Waals surface area contributed by atoms with E-state index in [2.05, 4.69) is 15.6 Å². The lowest BCUT2D eigenvalue weighted by atomic mass is 10.2. The van der Waals surface area contributed by atoms with Crippen molar-refractivity contribution >= 4 is 23.0 Å². The van der Waals surface area contributed by atoms with Gasteiger partial charge in [0.2, 0.25) is 5.82 Å². The molecule has 0 atom stereocenters. The smallest absolute Gasteiger partial charge is 0.311 e. The monoisotopic (exact) mass is 286 g/mol. The molecule has 110 valence electrons. The number of nitrogens with zero attached hydrogens (tertiary/aromatic N) is 2. The zero-order chi connectivity index (χ0) is 15.4. The molecule has 1 aromatic heterocycles. The van der Waals surface area contributed by atoms with E-state index in [1.165, 1.54) is 6.07 Å². The molecular weight excluding hydrogens is 268 g/mol. The standard InChI is InChI=1S/C15H18N4O2/c1-10(2)16-14-9-8-13(19(20)21)15(18-14)17-12-6-4-11(3)5-7-12/h4-10H,1-3H3,(H2,16,17,18). The second-order valence-electron chi connectivity index (χ2n) is 5.11. The fraction of sp³-hybridized carbons (Fsp3) is 0.267. The summed E-state index contributed by atoms with van der Waals surface area (Å²) in [5.74, 6) is 0.833. The lowest BCUT2D eigenvalue weighted by Crippen LogP contribution is -2.12. The molecule has 0 amide bonds. The summed E-state index contributed by atoms with van der Waals surface area (Å²) >= 11 is 0. The molecule has 1 heterocycles. The van der Waals surface area contributed by atoms with E-state index in [1.807, 2.05) is 45.0 Å². The van der Waals surface area contributed by atoms with Crippen LogP contribution in [0.1, 0.15) is 19.4 Å². The molecule has 21 heavy (non-hydrogen) atoms. The summed E-state index contributed by atoms with van der Waals surface area (Å²) in [5, 5.41) is 17.2. The Morgan fingerprint density at radius 3 is 2.38 bits per heavy atom. The van der Waals surface area contributed by atoms with Crippen LogP contribution >= 0.6 is 0 Å². The summed E-state index contributed by atoms with van der Waals surface area (Å²) in [7, 11) is 0. The molecular formula is C15H18N4O2. The van der Waals surface area contributed by atoms with Crippen molar-refractivity contribution in [3.8, 4) is 0 Å². The van der Waals surface area contributed by atoms with Gasteiger partial charge in [0.05, 0.1) is 4.92 Å². The maximum absolute atomic E-state index is 11.1. The number of benzene rings is 1. The zero-order valence-electron chi connectivity index (χ0n) is 12.3. The quantitative estimate of drug-likeness (QED) is 0.644. The molecule has 1 aromatic carbocycles.